The first kappa shape index (κ1) is 13.8. The Morgan fingerprint density at radius 3 is 2.90 bits per heavy atom. The number of hydrogen-bond donors (Lipinski definition) is 0. The van der Waals surface area contributed by atoms with Gasteiger partial charge < -0.3 is 4.74 Å². The van der Waals surface area contributed by atoms with Gasteiger partial charge in [0.25, 0.3) is 10.0 Å². The summed E-state index contributed by atoms with van der Waals surface area (Å²) in [5.74, 6) is 1.05. The molecule has 2 aromatic rings. The van der Waals surface area contributed by atoms with E-state index in [0.29, 0.717) is 6.61 Å². The van der Waals surface area contributed by atoms with Crippen molar-refractivity contribution in [2.24, 2.45) is 0 Å². The van der Waals surface area contributed by atoms with Crippen LogP contribution in [0.4, 0.5) is 5.82 Å². The van der Waals surface area contributed by atoms with Crippen molar-refractivity contribution in [2.45, 2.75) is 17.7 Å². The van der Waals surface area contributed by atoms with Gasteiger partial charge in [-0.25, -0.2) is 13.4 Å². The van der Waals surface area contributed by atoms with Crippen molar-refractivity contribution < 1.29 is 13.2 Å². The monoisotopic (exact) mass is 305 g/mol. The van der Waals surface area contributed by atoms with Crippen LogP contribution in [0.2, 0.25) is 0 Å². The minimum absolute atomic E-state index is 0.236. The van der Waals surface area contributed by atoms with Crippen molar-refractivity contribution in [2.75, 3.05) is 18.0 Å². The van der Waals surface area contributed by atoms with E-state index >= 15 is 0 Å². The van der Waals surface area contributed by atoms with Gasteiger partial charge in [-0.05, 0) is 36.6 Å². The molecule has 0 aliphatic carbocycles. The minimum Gasteiger partial charge on any atom is -0.493 e. The van der Waals surface area contributed by atoms with Gasteiger partial charge >= 0.3 is 0 Å². The molecule has 0 unspecified atom stereocenters. The fourth-order valence-electron chi connectivity index (χ4n) is 2.23. The molecule has 0 atom stereocenters. The smallest absolute Gasteiger partial charge is 0.265 e. The first-order valence-electron chi connectivity index (χ1n) is 6.60. The highest BCUT2D eigenvalue weighted by Gasteiger charge is 2.24. The SMILES string of the molecule is CN(c1cnccn1)S(=O)(=O)c1ccc2c(c1)CCCO2. The van der Waals surface area contributed by atoms with E-state index in [1.54, 1.807) is 18.2 Å². The Labute approximate surface area is 123 Å². The number of nitrogens with zero attached hydrogens (tertiary/aromatic N) is 3. The van der Waals surface area contributed by atoms with Gasteiger partial charge in [-0.1, -0.05) is 0 Å². The highest BCUT2D eigenvalue weighted by Crippen LogP contribution is 2.29. The van der Waals surface area contributed by atoms with Crippen molar-refractivity contribution in [3.05, 3.63) is 42.4 Å². The van der Waals surface area contributed by atoms with E-state index in [9.17, 15) is 8.42 Å². The van der Waals surface area contributed by atoms with Crippen LogP contribution in [0, 0.1) is 0 Å². The predicted molar refractivity (Wildman–Crippen MR) is 77.9 cm³/mol. The van der Waals surface area contributed by atoms with Crippen LogP contribution in [0.3, 0.4) is 0 Å². The molecule has 1 aromatic carbocycles. The number of hydrogen-bond acceptors (Lipinski definition) is 5. The van der Waals surface area contributed by atoms with Gasteiger partial charge in [0.15, 0.2) is 5.82 Å². The summed E-state index contributed by atoms with van der Waals surface area (Å²) in [4.78, 5) is 8.15. The quantitative estimate of drug-likeness (QED) is 0.861. The van der Waals surface area contributed by atoms with Gasteiger partial charge in [-0.15, -0.1) is 0 Å². The summed E-state index contributed by atoms with van der Waals surface area (Å²) < 4.78 is 31.9. The molecular formula is C14H15N3O3S. The molecule has 1 aliphatic heterocycles. The topological polar surface area (TPSA) is 72.4 Å². The number of aryl methyl sites for hydroxylation is 1. The third-order valence-corrected chi connectivity index (χ3v) is 5.17. The van der Waals surface area contributed by atoms with E-state index in [-0.39, 0.29) is 10.7 Å². The lowest BCUT2D eigenvalue weighted by Crippen LogP contribution is -2.27. The molecule has 0 N–H and O–H groups in total. The lowest BCUT2D eigenvalue weighted by molar-refractivity contribution is 0.288. The van der Waals surface area contributed by atoms with E-state index < -0.39 is 10.0 Å². The molecule has 0 saturated carbocycles. The molecule has 0 amide bonds. The van der Waals surface area contributed by atoms with E-state index in [4.69, 9.17) is 4.74 Å². The van der Waals surface area contributed by atoms with Crippen LogP contribution in [-0.4, -0.2) is 32.0 Å². The average Bonchev–Trinajstić information content (AvgIpc) is 2.54. The van der Waals surface area contributed by atoms with Gasteiger partial charge in [-0.2, -0.15) is 0 Å². The second-order valence-electron chi connectivity index (χ2n) is 4.76. The van der Waals surface area contributed by atoms with Crippen LogP contribution in [0.5, 0.6) is 5.75 Å². The number of ether oxygens (including phenoxy) is 1. The summed E-state index contributed by atoms with van der Waals surface area (Å²) in [6.07, 6.45) is 6.10. The van der Waals surface area contributed by atoms with E-state index in [0.717, 1.165) is 28.5 Å². The normalized spacial score (nSPS) is 14.1. The van der Waals surface area contributed by atoms with Crippen LogP contribution in [0.15, 0.2) is 41.7 Å². The van der Waals surface area contributed by atoms with E-state index in [1.165, 1.54) is 25.6 Å². The first-order chi connectivity index (χ1) is 10.1. The lowest BCUT2D eigenvalue weighted by Gasteiger charge is -2.21. The van der Waals surface area contributed by atoms with Crippen molar-refractivity contribution >= 4 is 15.8 Å². The fourth-order valence-corrected chi connectivity index (χ4v) is 3.42. The Bertz CT molecular complexity index is 747. The number of fused-ring (bicyclic) bond motifs is 1. The molecule has 21 heavy (non-hydrogen) atoms. The van der Waals surface area contributed by atoms with E-state index in [2.05, 4.69) is 9.97 Å². The Morgan fingerprint density at radius 2 is 2.14 bits per heavy atom. The number of rotatable bonds is 3. The zero-order valence-electron chi connectivity index (χ0n) is 11.6. The molecule has 0 fully saturated rings. The summed E-state index contributed by atoms with van der Waals surface area (Å²) in [5.41, 5.74) is 0.926. The number of sulfonamides is 1. The summed E-state index contributed by atoms with van der Waals surface area (Å²) in [7, 11) is -2.18. The maximum atomic E-state index is 12.6. The van der Waals surface area contributed by atoms with Crippen LogP contribution in [0.25, 0.3) is 0 Å². The second-order valence-corrected chi connectivity index (χ2v) is 6.73. The third-order valence-electron chi connectivity index (χ3n) is 3.41. The number of benzene rings is 1. The Kier molecular flexibility index (Phi) is 3.50. The lowest BCUT2D eigenvalue weighted by atomic mass is 10.1. The van der Waals surface area contributed by atoms with Gasteiger partial charge in [0, 0.05) is 19.4 Å². The number of anilines is 1. The summed E-state index contributed by atoms with van der Waals surface area (Å²) in [5, 5.41) is 0. The highest BCUT2D eigenvalue weighted by atomic mass is 32.2. The van der Waals surface area contributed by atoms with Crippen LogP contribution < -0.4 is 9.04 Å². The maximum Gasteiger partial charge on any atom is 0.265 e. The van der Waals surface area contributed by atoms with Crippen molar-refractivity contribution in [1.29, 1.82) is 0 Å². The van der Waals surface area contributed by atoms with Crippen LogP contribution in [0.1, 0.15) is 12.0 Å². The fraction of sp³-hybridized carbons (Fsp3) is 0.286. The molecule has 6 nitrogen and oxygen atoms in total. The summed E-state index contributed by atoms with van der Waals surface area (Å²) in [6.45, 7) is 0.679. The molecule has 0 spiro atoms. The molecule has 0 saturated heterocycles. The molecule has 0 bridgehead atoms. The second kappa shape index (κ2) is 5.33. The molecule has 7 heteroatoms. The Hall–Kier alpha value is -2.15. The molecule has 0 radical (unpaired) electrons. The summed E-state index contributed by atoms with van der Waals surface area (Å²) in [6, 6.07) is 4.95. The Balaban J connectivity index is 1.98. The van der Waals surface area contributed by atoms with Crippen LogP contribution >= 0.6 is 0 Å². The van der Waals surface area contributed by atoms with Crippen molar-refractivity contribution in [3.8, 4) is 5.75 Å². The minimum atomic E-state index is -3.65. The van der Waals surface area contributed by atoms with Gasteiger partial charge in [0.05, 0.1) is 17.7 Å². The molecule has 110 valence electrons. The molecule has 3 rings (SSSR count). The zero-order chi connectivity index (χ0) is 14.9. The zero-order valence-corrected chi connectivity index (χ0v) is 12.4. The summed E-state index contributed by atoms with van der Waals surface area (Å²) >= 11 is 0. The van der Waals surface area contributed by atoms with Crippen molar-refractivity contribution in [3.63, 3.8) is 0 Å². The largest absolute Gasteiger partial charge is 0.493 e. The maximum absolute atomic E-state index is 12.6. The van der Waals surface area contributed by atoms with Gasteiger partial charge in [-0.3, -0.25) is 9.29 Å². The molecule has 2 heterocycles. The van der Waals surface area contributed by atoms with Crippen molar-refractivity contribution in [1.82, 2.24) is 9.97 Å². The van der Waals surface area contributed by atoms with Crippen LogP contribution in [-0.2, 0) is 16.4 Å². The van der Waals surface area contributed by atoms with Gasteiger partial charge in [0.1, 0.15) is 5.75 Å². The molecule has 1 aliphatic rings. The highest BCUT2D eigenvalue weighted by molar-refractivity contribution is 7.92. The average molecular weight is 305 g/mol. The Morgan fingerprint density at radius 1 is 1.29 bits per heavy atom. The third kappa shape index (κ3) is 2.56. The number of aromatic nitrogens is 2. The van der Waals surface area contributed by atoms with E-state index in [1.807, 2.05) is 0 Å². The molecule has 1 aromatic heterocycles. The molecular weight excluding hydrogens is 290 g/mol. The standard InChI is InChI=1S/C14H15N3O3S/c1-17(14-10-15-6-7-16-14)21(18,19)12-4-5-13-11(9-12)3-2-8-20-13/h4-7,9-10H,2-3,8H2,1H3. The predicted octanol–water partition coefficient (Wildman–Crippen LogP) is 1.63. The first-order valence-corrected chi connectivity index (χ1v) is 8.04. The van der Waals surface area contributed by atoms with Gasteiger partial charge in [0.2, 0.25) is 0 Å².